The number of benzene rings is 3. The molecule has 8 nitrogen and oxygen atoms in total. The Balaban J connectivity index is 1.50. The summed E-state index contributed by atoms with van der Waals surface area (Å²) in [5, 5.41) is 14.3. The molecule has 1 heterocycles. The number of likely N-dealkylation sites (N-methyl/N-ethyl adjacent to an activating group) is 1. The van der Waals surface area contributed by atoms with Crippen LogP contribution in [0.25, 0.3) is 0 Å². The van der Waals surface area contributed by atoms with Crippen molar-refractivity contribution < 1.29 is 14.5 Å². The van der Waals surface area contributed by atoms with Crippen molar-refractivity contribution in [3.8, 4) is 11.5 Å². The molecule has 0 aliphatic carbocycles. The van der Waals surface area contributed by atoms with Gasteiger partial charge in [0.25, 0.3) is 11.6 Å². The molecule has 1 aliphatic heterocycles. The lowest BCUT2D eigenvalue weighted by Crippen LogP contribution is -2.44. The third-order valence-corrected chi connectivity index (χ3v) is 5.38. The minimum Gasteiger partial charge on any atom is -0.457 e. The van der Waals surface area contributed by atoms with Crippen LogP contribution in [0.1, 0.15) is 10.4 Å². The zero-order chi connectivity index (χ0) is 22.5. The van der Waals surface area contributed by atoms with Crippen molar-refractivity contribution in [1.29, 1.82) is 0 Å². The molecule has 0 bridgehead atoms. The molecular weight excluding hydrogens is 408 g/mol. The molecule has 0 aromatic heterocycles. The zero-order valence-electron chi connectivity index (χ0n) is 17.7. The van der Waals surface area contributed by atoms with E-state index in [1.54, 1.807) is 36.4 Å². The normalized spacial score (nSPS) is 14.1. The Morgan fingerprint density at radius 3 is 2.25 bits per heavy atom. The first kappa shape index (κ1) is 21.3. The lowest BCUT2D eigenvalue weighted by Gasteiger charge is -2.34. The quantitative estimate of drug-likeness (QED) is 0.459. The van der Waals surface area contributed by atoms with Gasteiger partial charge >= 0.3 is 0 Å². The van der Waals surface area contributed by atoms with E-state index in [4.69, 9.17) is 4.74 Å². The molecule has 3 aromatic carbocycles. The maximum atomic E-state index is 12.9. The number of hydrogen-bond acceptors (Lipinski definition) is 6. The number of ether oxygens (including phenoxy) is 1. The number of nitro benzene ring substituents is 1. The van der Waals surface area contributed by atoms with Crippen LogP contribution in [0.2, 0.25) is 0 Å². The summed E-state index contributed by atoms with van der Waals surface area (Å²) in [6.07, 6.45) is 0. The first-order valence-corrected chi connectivity index (χ1v) is 10.4. The van der Waals surface area contributed by atoms with E-state index in [0.29, 0.717) is 17.2 Å². The fourth-order valence-electron chi connectivity index (χ4n) is 3.56. The molecule has 0 spiro atoms. The number of nitrogens with one attached hydrogen (secondary N) is 1. The number of nitrogens with zero attached hydrogens (tertiary/aromatic N) is 3. The molecule has 1 aliphatic rings. The van der Waals surface area contributed by atoms with Gasteiger partial charge in [-0.05, 0) is 55.6 Å². The number of para-hydroxylation sites is 1. The van der Waals surface area contributed by atoms with E-state index in [0.717, 1.165) is 31.9 Å². The SMILES string of the molecule is CN1CCN(c2ccc([N+](=O)[O-])c(C(=O)Nc3ccc(Oc4ccccc4)cc3)c2)CC1. The monoisotopic (exact) mass is 432 g/mol. The average molecular weight is 432 g/mol. The van der Waals surface area contributed by atoms with Crippen molar-refractivity contribution in [3.05, 3.63) is 88.5 Å². The third kappa shape index (κ3) is 5.04. The number of carbonyl (C=O) groups excluding carboxylic acids is 1. The van der Waals surface area contributed by atoms with Crippen LogP contribution in [0.3, 0.4) is 0 Å². The van der Waals surface area contributed by atoms with Gasteiger partial charge in [-0.3, -0.25) is 14.9 Å². The number of hydrogen-bond donors (Lipinski definition) is 1. The highest BCUT2D eigenvalue weighted by molar-refractivity contribution is 6.07. The second-order valence-electron chi connectivity index (χ2n) is 7.64. The van der Waals surface area contributed by atoms with Crippen LogP contribution in [0.15, 0.2) is 72.8 Å². The molecule has 8 heteroatoms. The smallest absolute Gasteiger partial charge is 0.282 e. The number of piperazine rings is 1. The van der Waals surface area contributed by atoms with E-state index >= 15 is 0 Å². The largest absolute Gasteiger partial charge is 0.457 e. The summed E-state index contributed by atoms with van der Waals surface area (Å²) < 4.78 is 5.75. The van der Waals surface area contributed by atoms with Crippen LogP contribution in [-0.4, -0.2) is 49.0 Å². The van der Waals surface area contributed by atoms with Gasteiger partial charge in [0, 0.05) is 43.6 Å². The summed E-state index contributed by atoms with van der Waals surface area (Å²) in [6, 6.07) is 20.9. The van der Waals surface area contributed by atoms with E-state index < -0.39 is 10.8 Å². The molecule has 0 atom stereocenters. The van der Waals surface area contributed by atoms with E-state index in [2.05, 4.69) is 22.2 Å². The van der Waals surface area contributed by atoms with Gasteiger partial charge in [-0.1, -0.05) is 18.2 Å². The number of anilines is 2. The lowest BCUT2D eigenvalue weighted by atomic mass is 10.1. The van der Waals surface area contributed by atoms with Crippen LogP contribution < -0.4 is 15.0 Å². The molecule has 32 heavy (non-hydrogen) atoms. The van der Waals surface area contributed by atoms with Crippen LogP contribution in [0.4, 0.5) is 17.1 Å². The number of carbonyl (C=O) groups is 1. The molecule has 1 amide bonds. The van der Waals surface area contributed by atoms with Gasteiger partial charge in [0.05, 0.1) is 4.92 Å². The summed E-state index contributed by atoms with van der Waals surface area (Å²) in [5.74, 6) is 0.808. The minimum absolute atomic E-state index is 0.0380. The van der Waals surface area contributed by atoms with Gasteiger partial charge in [-0.15, -0.1) is 0 Å². The van der Waals surface area contributed by atoms with Crippen LogP contribution in [0, 0.1) is 10.1 Å². The van der Waals surface area contributed by atoms with Crippen molar-refractivity contribution in [2.24, 2.45) is 0 Å². The second kappa shape index (κ2) is 9.49. The average Bonchev–Trinajstić information content (AvgIpc) is 2.81. The van der Waals surface area contributed by atoms with Crippen LogP contribution in [0.5, 0.6) is 11.5 Å². The number of nitro groups is 1. The summed E-state index contributed by atoms with van der Waals surface area (Å²) >= 11 is 0. The van der Waals surface area contributed by atoms with Gasteiger partial charge in [0.2, 0.25) is 0 Å². The predicted molar refractivity (Wildman–Crippen MR) is 124 cm³/mol. The molecule has 3 aromatic rings. The van der Waals surface area contributed by atoms with Crippen LogP contribution >= 0.6 is 0 Å². The van der Waals surface area contributed by atoms with Crippen molar-refractivity contribution in [1.82, 2.24) is 4.90 Å². The van der Waals surface area contributed by atoms with Gasteiger partial charge in [0.15, 0.2) is 0 Å². The Hall–Kier alpha value is -3.91. The van der Waals surface area contributed by atoms with Crippen molar-refractivity contribution >= 4 is 23.0 Å². The fraction of sp³-hybridized carbons (Fsp3) is 0.208. The minimum atomic E-state index is -0.528. The second-order valence-corrected chi connectivity index (χ2v) is 7.64. The van der Waals surface area contributed by atoms with Gasteiger partial charge in [-0.25, -0.2) is 0 Å². The molecule has 1 saturated heterocycles. The standard InChI is InChI=1S/C24H24N4O4/c1-26-13-15-27(16-14-26)19-9-12-23(28(30)31)22(17-19)24(29)25-18-7-10-21(11-8-18)32-20-5-3-2-4-6-20/h2-12,17H,13-16H2,1H3,(H,25,29). The van der Waals surface area contributed by atoms with Gasteiger partial charge < -0.3 is 19.9 Å². The Kier molecular flexibility index (Phi) is 6.32. The topological polar surface area (TPSA) is 88.0 Å². The number of amides is 1. The van der Waals surface area contributed by atoms with Crippen molar-refractivity contribution in [3.63, 3.8) is 0 Å². The molecule has 0 unspecified atom stereocenters. The highest BCUT2D eigenvalue weighted by atomic mass is 16.6. The van der Waals surface area contributed by atoms with E-state index in [1.807, 2.05) is 30.3 Å². The maximum absolute atomic E-state index is 12.9. The predicted octanol–water partition coefficient (Wildman–Crippen LogP) is 4.39. The molecule has 4 rings (SSSR count). The molecule has 164 valence electrons. The summed E-state index contributed by atoms with van der Waals surface area (Å²) in [5.41, 5.74) is 1.15. The van der Waals surface area contributed by atoms with E-state index in [-0.39, 0.29) is 11.3 Å². The number of rotatable bonds is 6. The van der Waals surface area contributed by atoms with Gasteiger partial charge in [0.1, 0.15) is 17.1 Å². The maximum Gasteiger partial charge on any atom is 0.282 e. The highest BCUT2D eigenvalue weighted by Gasteiger charge is 2.23. The zero-order valence-corrected chi connectivity index (χ0v) is 17.7. The summed E-state index contributed by atoms with van der Waals surface area (Å²) in [7, 11) is 2.06. The highest BCUT2D eigenvalue weighted by Crippen LogP contribution is 2.28. The van der Waals surface area contributed by atoms with Crippen LogP contribution in [-0.2, 0) is 0 Å². The Bertz CT molecular complexity index is 1090. The molecule has 1 N–H and O–H groups in total. The lowest BCUT2D eigenvalue weighted by molar-refractivity contribution is -0.385. The molecule has 1 fully saturated rings. The molecular formula is C24H24N4O4. The first-order valence-electron chi connectivity index (χ1n) is 10.4. The molecule has 0 saturated carbocycles. The Labute approximate surface area is 186 Å². The van der Waals surface area contributed by atoms with E-state index in [9.17, 15) is 14.9 Å². The fourth-order valence-corrected chi connectivity index (χ4v) is 3.56. The van der Waals surface area contributed by atoms with Gasteiger partial charge in [-0.2, -0.15) is 0 Å². The third-order valence-electron chi connectivity index (χ3n) is 5.38. The van der Waals surface area contributed by atoms with Crippen molar-refractivity contribution in [2.45, 2.75) is 0 Å². The molecule has 0 radical (unpaired) electrons. The summed E-state index contributed by atoms with van der Waals surface area (Å²) in [6.45, 7) is 3.41. The Morgan fingerprint density at radius 2 is 1.59 bits per heavy atom. The summed E-state index contributed by atoms with van der Waals surface area (Å²) in [4.78, 5) is 28.3. The Morgan fingerprint density at radius 1 is 0.938 bits per heavy atom. The van der Waals surface area contributed by atoms with Crippen molar-refractivity contribution in [2.75, 3.05) is 43.4 Å². The van der Waals surface area contributed by atoms with E-state index in [1.165, 1.54) is 6.07 Å². The first-order chi connectivity index (χ1) is 15.5.